The molecule has 1 aliphatic rings. The van der Waals surface area contributed by atoms with Crippen molar-refractivity contribution in [1.82, 2.24) is 9.78 Å². The van der Waals surface area contributed by atoms with Gasteiger partial charge in [-0.2, -0.15) is 5.10 Å². The molecule has 1 aliphatic heterocycles. The molecule has 0 saturated carbocycles. The highest BCUT2D eigenvalue weighted by Crippen LogP contribution is 2.39. The normalized spacial score (nSPS) is 21.7. The van der Waals surface area contributed by atoms with E-state index in [0.717, 1.165) is 37.3 Å². The topological polar surface area (TPSA) is 51.3 Å². The molecule has 5 nitrogen and oxygen atoms in total. The van der Waals surface area contributed by atoms with Gasteiger partial charge in [0.1, 0.15) is 16.5 Å². The molecule has 2 unspecified atom stereocenters. The first-order valence-electron chi connectivity index (χ1n) is 8.08. The van der Waals surface area contributed by atoms with Crippen LogP contribution in [-0.2, 0) is 13.5 Å². The summed E-state index contributed by atoms with van der Waals surface area (Å²) in [5, 5.41) is 4.36. The quantitative estimate of drug-likeness (QED) is 0.860. The molecule has 23 heavy (non-hydrogen) atoms. The molecule has 0 amide bonds. The average Bonchev–Trinajstić information content (AvgIpc) is 3.02. The van der Waals surface area contributed by atoms with Crippen LogP contribution in [0, 0.1) is 5.92 Å². The molecule has 3 rings (SSSR count). The van der Waals surface area contributed by atoms with Crippen LogP contribution in [0.4, 0.5) is 5.69 Å². The zero-order valence-electron chi connectivity index (χ0n) is 13.8. The zero-order valence-corrected chi connectivity index (χ0v) is 14.5. The second kappa shape index (κ2) is 6.40. The van der Waals surface area contributed by atoms with Crippen LogP contribution in [0.1, 0.15) is 44.3 Å². The highest BCUT2D eigenvalue weighted by atomic mass is 35.5. The fourth-order valence-corrected chi connectivity index (χ4v) is 3.45. The van der Waals surface area contributed by atoms with Crippen molar-refractivity contribution in [1.29, 1.82) is 0 Å². The van der Waals surface area contributed by atoms with E-state index < -0.39 is 0 Å². The first-order valence-corrected chi connectivity index (χ1v) is 8.46. The Hall–Kier alpha value is -1.75. The molecule has 3 heterocycles. The van der Waals surface area contributed by atoms with Gasteiger partial charge in [-0.05, 0) is 30.9 Å². The molecule has 2 aromatic heterocycles. The minimum absolute atomic E-state index is 0.0884. The number of rotatable bonds is 3. The van der Waals surface area contributed by atoms with Gasteiger partial charge in [-0.1, -0.05) is 25.4 Å². The summed E-state index contributed by atoms with van der Waals surface area (Å²) in [7, 11) is 1.60. The maximum absolute atomic E-state index is 12.1. The molecule has 124 valence electrons. The maximum Gasteiger partial charge on any atom is 0.287 e. The Labute approximate surface area is 140 Å². The van der Waals surface area contributed by atoms with Gasteiger partial charge in [0.2, 0.25) is 0 Å². The summed E-state index contributed by atoms with van der Waals surface area (Å²) in [6, 6.07) is 4.15. The Morgan fingerprint density at radius 3 is 2.91 bits per heavy atom. The van der Waals surface area contributed by atoms with Gasteiger partial charge in [0.15, 0.2) is 0 Å². The van der Waals surface area contributed by atoms with Gasteiger partial charge in [0.05, 0.1) is 17.9 Å². The minimum Gasteiger partial charge on any atom is -0.464 e. The minimum atomic E-state index is -0.268. The fourth-order valence-electron chi connectivity index (χ4n) is 3.17. The molecular formula is C17H22ClN3O2. The summed E-state index contributed by atoms with van der Waals surface area (Å²) < 4.78 is 7.24. The summed E-state index contributed by atoms with van der Waals surface area (Å²) in [5.74, 6) is 2.52. The lowest BCUT2D eigenvalue weighted by atomic mass is 9.91. The smallest absolute Gasteiger partial charge is 0.287 e. The number of halogens is 1. The molecule has 0 aromatic carbocycles. The molecule has 1 fully saturated rings. The second-order valence-electron chi connectivity index (χ2n) is 6.27. The van der Waals surface area contributed by atoms with Crippen molar-refractivity contribution in [2.75, 3.05) is 11.4 Å². The van der Waals surface area contributed by atoms with Crippen molar-refractivity contribution >= 4 is 17.3 Å². The maximum atomic E-state index is 12.1. The second-order valence-corrected chi connectivity index (χ2v) is 6.65. The molecule has 6 heteroatoms. The third-order valence-corrected chi connectivity index (χ3v) is 4.95. The van der Waals surface area contributed by atoms with Gasteiger partial charge >= 0.3 is 0 Å². The van der Waals surface area contributed by atoms with E-state index in [1.165, 1.54) is 4.68 Å². The third kappa shape index (κ3) is 3.02. The SMILES string of the molecule is CCc1ccc(C2CC(C)CCN2c2cnn(C)c(=O)c2Cl)o1. The number of aryl methyl sites for hydroxylation is 2. The van der Waals surface area contributed by atoms with E-state index in [0.29, 0.717) is 11.6 Å². The molecular weight excluding hydrogens is 314 g/mol. The van der Waals surface area contributed by atoms with Crippen molar-refractivity contribution in [3.05, 3.63) is 45.2 Å². The summed E-state index contributed by atoms with van der Waals surface area (Å²) in [6.45, 7) is 5.16. The van der Waals surface area contributed by atoms with Crippen LogP contribution in [0.2, 0.25) is 5.02 Å². The molecule has 0 radical (unpaired) electrons. The molecule has 1 saturated heterocycles. The van der Waals surface area contributed by atoms with Gasteiger partial charge in [0, 0.05) is 20.0 Å². The van der Waals surface area contributed by atoms with Crippen LogP contribution >= 0.6 is 11.6 Å². The molecule has 2 atom stereocenters. The van der Waals surface area contributed by atoms with Crippen molar-refractivity contribution in [3.8, 4) is 0 Å². The van der Waals surface area contributed by atoms with E-state index >= 15 is 0 Å². The van der Waals surface area contributed by atoms with E-state index in [2.05, 4.69) is 23.8 Å². The Morgan fingerprint density at radius 2 is 2.22 bits per heavy atom. The van der Waals surface area contributed by atoms with Gasteiger partial charge in [-0.3, -0.25) is 4.79 Å². The van der Waals surface area contributed by atoms with Crippen LogP contribution in [0.3, 0.4) is 0 Å². The summed E-state index contributed by atoms with van der Waals surface area (Å²) in [5.41, 5.74) is 0.427. The summed E-state index contributed by atoms with van der Waals surface area (Å²) in [4.78, 5) is 14.3. The molecule has 0 spiro atoms. The standard InChI is InChI=1S/C17H22ClN3O2/c1-4-12-5-6-15(23-12)13-9-11(2)7-8-21(13)14-10-19-20(3)17(22)16(14)18/h5-6,10-11,13H,4,7-9H2,1-3H3. The van der Waals surface area contributed by atoms with Crippen LogP contribution < -0.4 is 10.5 Å². The first kappa shape index (κ1) is 16.1. The number of hydrogen-bond acceptors (Lipinski definition) is 4. The highest BCUT2D eigenvalue weighted by Gasteiger charge is 2.32. The molecule has 0 bridgehead atoms. The van der Waals surface area contributed by atoms with E-state index in [1.54, 1.807) is 13.2 Å². The summed E-state index contributed by atoms with van der Waals surface area (Å²) >= 11 is 6.31. The lowest BCUT2D eigenvalue weighted by Gasteiger charge is -2.39. The lowest BCUT2D eigenvalue weighted by molar-refractivity contribution is 0.322. The molecule has 2 aromatic rings. The summed E-state index contributed by atoms with van der Waals surface area (Å²) in [6.07, 6.45) is 4.58. The average molecular weight is 336 g/mol. The lowest BCUT2D eigenvalue weighted by Crippen LogP contribution is -2.37. The van der Waals surface area contributed by atoms with Crippen molar-refractivity contribution in [2.45, 2.75) is 39.2 Å². The number of furan rings is 1. The Kier molecular flexibility index (Phi) is 4.48. The van der Waals surface area contributed by atoms with Crippen LogP contribution in [0.5, 0.6) is 0 Å². The van der Waals surface area contributed by atoms with Gasteiger partial charge in [0.25, 0.3) is 5.56 Å². The van der Waals surface area contributed by atoms with Crippen LogP contribution in [-0.4, -0.2) is 16.3 Å². The molecule has 0 aliphatic carbocycles. The van der Waals surface area contributed by atoms with Gasteiger partial charge in [-0.15, -0.1) is 0 Å². The van der Waals surface area contributed by atoms with Crippen molar-refractivity contribution < 1.29 is 4.42 Å². The van der Waals surface area contributed by atoms with E-state index in [9.17, 15) is 4.79 Å². The monoisotopic (exact) mass is 335 g/mol. The Bertz CT molecular complexity index is 753. The van der Waals surface area contributed by atoms with Crippen molar-refractivity contribution in [3.63, 3.8) is 0 Å². The number of aromatic nitrogens is 2. The Balaban J connectivity index is 2.01. The van der Waals surface area contributed by atoms with E-state index in [4.69, 9.17) is 16.0 Å². The largest absolute Gasteiger partial charge is 0.464 e. The number of piperidine rings is 1. The fraction of sp³-hybridized carbons (Fsp3) is 0.529. The number of nitrogens with zero attached hydrogens (tertiary/aromatic N) is 3. The van der Waals surface area contributed by atoms with Gasteiger partial charge in [-0.25, -0.2) is 4.68 Å². The van der Waals surface area contributed by atoms with Gasteiger partial charge < -0.3 is 9.32 Å². The predicted octanol–water partition coefficient (Wildman–Crippen LogP) is 3.57. The Morgan fingerprint density at radius 1 is 1.43 bits per heavy atom. The zero-order chi connectivity index (χ0) is 16.6. The first-order chi connectivity index (χ1) is 11.0. The highest BCUT2D eigenvalue weighted by molar-refractivity contribution is 6.33. The number of anilines is 1. The van der Waals surface area contributed by atoms with E-state index in [1.807, 2.05) is 12.1 Å². The van der Waals surface area contributed by atoms with Crippen LogP contribution in [0.25, 0.3) is 0 Å². The molecule has 0 N–H and O–H groups in total. The van der Waals surface area contributed by atoms with Crippen LogP contribution in [0.15, 0.2) is 27.5 Å². The van der Waals surface area contributed by atoms with Crippen molar-refractivity contribution in [2.24, 2.45) is 13.0 Å². The predicted molar refractivity (Wildman–Crippen MR) is 91.1 cm³/mol. The van der Waals surface area contributed by atoms with E-state index in [-0.39, 0.29) is 16.6 Å². The number of hydrogen-bond donors (Lipinski definition) is 0. The third-order valence-electron chi connectivity index (χ3n) is 4.59.